The van der Waals surface area contributed by atoms with Gasteiger partial charge in [0.25, 0.3) is 11.5 Å². The number of carbonyl (C=O) groups excluding carboxylic acids is 2. The van der Waals surface area contributed by atoms with Gasteiger partial charge in [0.05, 0.1) is 12.3 Å². The fourth-order valence-electron chi connectivity index (χ4n) is 3.83. The molecule has 23 heavy (non-hydrogen) atoms. The van der Waals surface area contributed by atoms with Crippen molar-refractivity contribution in [2.75, 3.05) is 18.1 Å². The predicted molar refractivity (Wildman–Crippen MR) is 86.5 cm³/mol. The molecule has 0 spiro atoms. The molecule has 1 amide bonds. The number of aryl methyl sites for hydroxylation is 1. The molecule has 124 valence electrons. The Morgan fingerprint density at radius 2 is 2.09 bits per heavy atom. The fourth-order valence-corrected chi connectivity index (χ4v) is 3.83. The van der Waals surface area contributed by atoms with Crippen LogP contribution in [0.3, 0.4) is 0 Å². The number of amides is 1. The number of rotatable bonds is 2. The summed E-state index contributed by atoms with van der Waals surface area (Å²) in [7, 11) is 0. The monoisotopic (exact) mass is 317 g/mol. The first-order chi connectivity index (χ1) is 10.8. The van der Waals surface area contributed by atoms with E-state index in [2.05, 4.69) is 0 Å². The molecule has 0 saturated heterocycles. The minimum atomic E-state index is -2.19. The summed E-state index contributed by atoms with van der Waals surface area (Å²) in [5.41, 5.74) is 0.731. The molecule has 2 heterocycles. The van der Waals surface area contributed by atoms with Crippen molar-refractivity contribution >= 4 is 17.6 Å². The highest BCUT2D eigenvalue weighted by atomic mass is 16.6. The van der Waals surface area contributed by atoms with E-state index in [4.69, 9.17) is 4.74 Å². The maximum absolute atomic E-state index is 13.0. The van der Waals surface area contributed by atoms with Crippen molar-refractivity contribution in [3.05, 3.63) is 28.8 Å². The van der Waals surface area contributed by atoms with Gasteiger partial charge in [-0.1, -0.05) is 26.0 Å². The van der Waals surface area contributed by atoms with Crippen LogP contribution in [0.25, 0.3) is 0 Å². The quantitative estimate of drug-likeness (QED) is 0.668. The highest BCUT2D eigenvalue weighted by molar-refractivity contribution is 6.17. The van der Waals surface area contributed by atoms with Crippen LogP contribution < -0.4 is 4.90 Å². The second kappa shape index (κ2) is 5.06. The molecule has 0 aromatic heterocycles. The molecule has 0 saturated carbocycles. The minimum Gasteiger partial charge on any atom is -0.463 e. The van der Waals surface area contributed by atoms with Crippen LogP contribution in [0, 0.1) is 6.92 Å². The average molecular weight is 317 g/mol. The number of esters is 1. The normalized spacial score (nSPS) is 25.1. The Balaban J connectivity index is 2.28. The Hall–Kier alpha value is -1.88. The SMILES string of the molecule is CCOC(=O)[C@@]1(O)C(=O)N2CCCc3c(C)ccc(c32)C1(C)C. The second-order valence-corrected chi connectivity index (χ2v) is 6.87. The molecule has 0 unspecified atom stereocenters. The third kappa shape index (κ3) is 1.89. The number of aliphatic hydroxyl groups is 1. The van der Waals surface area contributed by atoms with Crippen molar-refractivity contribution in [3.63, 3.8) is 0 Å². The predicted octanol–water partition coefficient (Wildman–Crippen LogP) is 1.86. The number of hydrogen-bond donors (Lipinski definition) is 1. The molecule has 3 rings (SSSR count). The maximum atomic E-state index is 13.0. The molecule has 0 radical (unpaired) electrons. The molecule has 2 aliphatic heterocycles. The average Bonchev–Trinajstić information content (AvgIpc) is 2.52. The van der Waals surface area contributed by atoms with Crippen LogP contribution in [0.4, 0.5) is 5.69 Å². The summed E-state index contributed by atoms with van der Waals surface area (Å²) < 4.78 is 5.03. The summed E-state index contributed by atoms with van der Waals surface area (Å²) in [5, 5.41) is 11.1. The lowest BCUT2D eigenvalue weighted by atomic mass is 9.64. The summed E-state index contributed by atoms with van der Waals surface area (Å²) in [6.07, 6.45) is 1.73. The minimum absolute atomic E-state index is 0.122. The van der Waals surface area contributed by atoms with Gasteiger partial charge in [0.15, 0.2) is 0 Å². The van der Waals surface area contributed by atoms with Crippen LogP contribution in [0.15, 0.2) is 12.1 Å². The van der Waals surface area contributed by atoms with Gasteiger partial charge < -0.3 is 14.7 Å². The van der Waals surface area contributed by atoms with E-state index >= 15 is 0 Å². The number of ether oxygens (including phenoxy) is 1. The van der Waals surface area contributed by atoms with Crippen molar-refractivity contribution < 1.29 is 19.4 Å². The number of benzene rings is 1. The van der Waals surface area contributed by atoms with E-state index in [1.165, 1.54) is 0 Å². The fraction of sp³-hybridized carbons (Fsp3) is 0.556. The van der Waals surface area contributed by atoms with Crippen molar-refractivity contribution in [1.29, 1.82) is 0 Å². The number of hydrogen-bond acceptors (Lipinski definition) is 4. The lowest BCUT2D eigenvalue weighted by Crippen LogP contribution is -2.68. The van der Waals surface area contributed by atoms with Gasteiger partial charge in [0, 0.05) is 12.0 Å². The molecular formula is C18H23NO4. The van der Waals surface area contributed by atoms with Gasteiger partial charge in [-0.2, -0.15) is 0 Å². The zero-order chi connectivity index (χ0) is 17.0. The van der Waals surface area contributed by atoms with E-state index in [1.54, 1.807) is 25.7 Å². The first-order valence-corrected chi connectivity index (χ1v) is 8.11. The van der Waals surface area contributed by atoms with Crippen molar-refractivity contribution in [2.45, 2.75) is 51.6 Å². The van der Waals surface area contributed by atoms with Gasteiger partial charge in [-0.3, -0.25) is 4.79 Å². The Labute approximate surface area is 136 Å². The number of carbonyl (C=O) groups is 2. The van der Waals surface area contributed by atoms with Gasteiger partial charge >= 0.3 is 5.97 Å². The molecule has 1 aromatic carbocycles. The van der Waals surface area contributed by atoms with Crippen LogP contribution in [-0.4, -0.2) is 35.7 Å². The first-order valence-electron chi connectivity index (χ1n) is 8.11. The maximum Gasteiger partial charge on any atom is 0.349 e. The van der Waals surface area contributed by atoms with Crippen LogP contribution in [0.2, 0.25) is 0 Å². The van der Waals surface area contributed by atoms with E-state index in [1.807, 2.05) is 19.1 Å². The molecule has 5 nitrogen and oxygen atoms in total. The topological polar surface area (TPSA) is 66.8 Å². The van der Waals surface area contributed by atoms with Gasteiger partial charge in [0.1, 0.15) is 0 Å². The molecule has 5 heteroatoms. The van der Waals surface area contributed by atoms with E-state index in [9.17, 15) is 14.7 Å². The third-order valence-electron chi connectivity index (χ3n) is 5.30. The second-order valence-electron chi connectivity index (χ2n) is 6.87. The lowest BCUT2D eigenvalue weighted by Gasteiger charge is -2.50. The van der Waals surface area contributed by atoms with E-state index < -0.39 is 22.9 Å². The zero-order valence-corrected chi connectivity index (χ0v) is 14.1. The Morgan fingerprint density at radius 1 is 1.39 bits per heavy atom. The highest BCUT2D eigenvalue weighted by Crippen LogP contribution is 2.50. The summed E-state index contributed by atoms with van der Waals surface area (Å²) >= 11 is 0. The van der Waals surface area contributed by atoms with Gasteiger partial charge in [-0.25, -0.2) is 4.79 Å². The largest absolute Gasteiger partial charge is 0.463 e. The summed E-state index contributed by atoms with van der Waals surface area (Å²) in [4.78, 5) is 27.1. The van der Waals surface area contributed by atoms with E-state index in [0.29, 0.717) is 6.54 Å². The van der Waals surface area contributed by atoms with Gasteiger partial charge in [-0.05, 0) is 43.4 Å². The summed E-state index contributed by atoms with van der Waals surface area (Å²) in [5.74, 6) is -1.44. The van der Waals surface area contributed by atoms with Crippen molar-refractivity contribution in [1.82, 2.24) is 0 Å². The third-order valence-corrected chi connectivity index (χ3v) is 5.30. The first kappa shape index (κ1) is 16.0. The molecule has 1 atom stereocenters. The Kier molecular flexibility index (Phi) is 3.52. The van der Waals surface area contributed by atoms with Crippen molar-refractivity contribution in [2.24, 2.45) is 0 Å². The van der Waals surface area contributed by atoms with Gasteiger partial charge in [-0.15, -0.1) is 0 Å². The molecule has 0 aliphatic carbocycles. The summed E-state index contributed by atoms with van der Waals surface area (Å²) in [6, 6.07) is 3.92. The molecule has 0 bridgehead atoms. The molecule has 1 aromatic rings. The van der Waals surface area contributed by atoms with E-state index in [-0.39, 0.29) is 6.61 Å². The molecular weight excluding hydrogens is 294 g/mol. The highest BCUT2D eigenvalue weighted by Gasteiger charge is 2.63. The van der Waals surface area contributed by atoms with Crippen LogP contribution in [0.5, 0.6) is 0 Å². The van der Waals surface area contributed by atoms with Gasteiger partial charge in [0.2, 0.25) is 0 Å². The number of anilines is 1. The number of nitrogens with zero attached hydrogens (tertiary/aromatic N) is 1. The van der Waals surface area contributed by atoms with E-state index in [0.717, 1.165) is 35.2 Å². The standard InChI is InChI=1S/C18H23NO4/c1-5-23-16(21)18(22)15(20)19-10-6-7-12-11(2)8-9-13(14(12)19)17(18,3)4/h8-9,22H,5-7,10H2,1-4H3/t18-/m0/s1. The molecule has 2 aliphatic rings. The van der Waals surface area contributed by atoms with Crippen LogP contribution in [0.1, 0.15) is 43.9 Å². The van der Waals surface area contributed by atoms with Crippen LogP contribution >= 0.6 is 0 Å². The lowest BCUT2D eigenvalue weighted by molar-refractivity contribution is -0.178. The van der Waals surface area contributed by atoms with Crippen molar-refractivity contribution in [3.8, 4) is 0 Å². The van der Waals surface area contributed by atoms with Crippen LogP contribution in [-0.2, 0) is 26.2 Å². The Bertz CT molecular complexity index is 695. The molecule has 1 N–H and O–H groups in total. The molecule has 0 fully saturated rings. The zero-order valence-electron chi connectivity index (χ0n) is 14.1. The smallest absolute Gasteiger partial charge is 0.349 e. The summed E-state index contributed by atoms with van der Waals surface area (Å²) in [6.45, 7) is 7.80. The Morgan fingerprint density at radius 3 is 2.74 bits per heavy atom.